The predicted octanol–water partition coefficient (Wildman–Crippen LogP) is 4.34. The highest BCUT2D eigenvalue weighted by molar-refractivity contribution is 6.15. The van der Waals surface area contributed by atoms with Crippen LogP contribution in [0.2, 0.25) is 0 Å². The van der Waals surface area contributed by atoms with E-state index in [1.165, 1.54) is 0 Å². The van der Waals surface area contributed by atoms with E-state index in [1.807, 2.05) is 60.7 Å². The van der Waals surface area contributed by atoms with Crippen molar-refractivity contribution in [2.24, 2.45) is 0 Å². The lowest BCUT2D eigenvalue weighted by Crippen LogP contribution is -2.23. The van der Waals surface area contributed by atoms with Crippen LogP contribution < -0.4 is 14.8 Å². The monoisotopic (exact) mass is 372 g/mol. The number of fused-ring (bicyclic) bond motifs is 3. The fourth-order valence-electron chi connectivity index (χ4n) is 3.39. The quantitative estimate of drug-likeness (QED) is 0.530. The van der Waals surface area contributed by atoms with E-state index in [4.69, 9.17) is 9.47 Å². The Kier molecular flexibility index (Phi) is 4.81. The third-order valence-electron chi connectivity index (χ3n) is 4.79. The summed E-state index contributed by atoms with van der Waals surface area (Å²) in [6.45, 7) is 0.320. The Balaban J connectivity index is 1.70. The molecule has 4 aromatic rings. The maximum Gasteiger partial charge on any atom is 0.253 e. The molecular formula is C23H20N2O3. The van der Waals surface area contributed by atoms with Gasteiger partial charge in [-0.3, -0.25) is 9.78 Å². The summed E-state index contributed by atoms with van der Waals surface area (Å²) in [5.74, 6) is 1.23. The van der Waals surface area contributed by atoms with Crippen molar-refractivity contribution in [3.8, 4) is 11.5 Å². The molecule has 3 aromatic carbocycles. The minimum Gasteiger partial charge on any atom is -0.497 e. The number of carbonyl (C=O) groups is 1. The van der Waals surface area contributed by atoms with Crippen molar-refractivity contribution < 1.29 is 14.3 Å². The molecule has 5 heteroatoms. The summed E-state index contributed by atoms with van der Waals surface area (Å²) in [4.78, 5) is 17.5. The number of carbonyl (C=O) groups excluding carboxylic acids is 1. The Bertz CT molecular complexity index is 1170. The number of amides is 1. The van der Waals surface area contributed by atoms with Crippen molar-refractivity contribution in [3.05, 3.63) is 78.0 Å². The van der Waals surface area contributed by atoms with Gasteiger partial charge >= 0.3 is 0 Å². The normalized spacial score (nSPS) is 10.8. The van der Waals surface area contributed by atoms with E-state index in [9.17, 15) is 4.79 Å². The first kappa shape index (κ1) is 17.8. The van der Waals surface area contributed by atoms with Gasteiger partial charge in [0.05, 0.1) is 25.3 Å². The number of benzene rings is 3. The van der Waals surface area contributed by atoms with Crippen LogP contribution in [0.3, 0.4) is 0 Å². The standard InChI is InChI=1S/C23H20N2O3/c1-27-17-9-10-21(28-2)16(12-17)14-25-23(26)20-13-15-6-3-4-7-18(15)19-8-5-11-24-22(19)20/h3-13H,14H2,1-2H3,(H,25,26). The van der Waals surface area contributed by atoms with Crippen LogP contribution in [-0.2, 0) is 6.54 Å². The van der Waals surface area contributed by atoms with Gasteiger partial charge in [0.25, 0.3) is 5.91 Å². The second kappa shape index (κ2) is 7.56. The van der Waals surface area contributed by atoms with Gasteiger partial charge in [-0.15, -0.1) is 0 Å². The minimum atomic E-state index is -0.181. The van der Waals surface area contributed by atoms with Gasteiger partial charge in [0.15, 0.2) is 0 Å². The number of nitrogens with zero attached hydrogens (tertiary/aromatic N) is 1. The van der Waals surface area contributed by atoms with Crippen molar-refractivity contribution in [2.75, 3.05) is 14.2 Å². The molecule has 0 atom stereocenters. The Morgan fingerprint density at radius 3 is 2.61 bits per heavy atom. The SMILES string of the molecule is COc1ccc(OC)c(CNC(=O)c2cc3ccccc3c3cccnc23)c1. The summed E-state index contributed by atoms with van der Waals surface area (Å²) < 4.78 is 10.7. The molecular weight excluding hydrogens is 352 g/mol. The van der Waals surface area contributed by atoms with Crippen LogP contribution in [0, 0.1) is 0 Å². The number of rotatable bonds is 5. The number of pyridine rings is 1. The number of ether oxygens (including phenoxy) is 2. The zero-order chi connectivity index (χ0) is 19.5. The van der Waals surface area contributed by atoms with Crippen LogP contribution in [0.1, 0.15) is 15.9 Å². The van der Waals surface area contributed by atoms with Crippen LogP contribution in [0.5, 0.6) is 11.5 Å². The molecule has 1 N–H and O–H groups in total. The maximum atomic E-state index is 13.0. The van der Waals surface area contributed by atoms with Gasteiger partial charge in [0.1, 0.15) is 11.5 Å². The van der Waals surface area contributed by atoms with Gasteiger partial charge in [-0.25, -0.2) is 0 Å². The minimum absolute atomic E-state index is 0.181. The smallest absolute Gasteiger partial charge is 0.253 e. The summed E-state index contributed by atoms with van der Waals surface area (Å²) in [6, 6.07) is 19.3. The lowest BCUT2D eigenvalue weighted by molar-refractivity contribution is 0.0952. The van der Waals surface area contributed by atoms with Crippen LogP contribution in [0.4, 0.5) is 0 Å². The topological polar surface area (TPSA) is 60.5 Å². The van der Waals surface area contributed by atoms with E-state index in [0.717, 1.165) is 21.7 Å². The zero-order valence-electron chi connectivity index (χ0n) is 15.7. The molecule has 0 saturated heterocycles. The van der Waals surface area contributed by atoms with Crippen molar-refractivity contribution in [3.63, 3.8) is 0 Å². The second-order valence-corrected chi connectivity index (χ2v) is 6.41. The molecule has 0 fully saturated rings. The first-order chi connectivity index (χ1) is 13.7. The van der Waals surface area contributed by atoms with E-state index in [2.05, 4.69) is 10.3 Å². The highest BCUT2D eigenvalue weighted by Gasteiger charge is 2.15. The first-order valence-electron chi connectivity index (χ1n) is 8.97. The summed E-state index contributed by atoms with van der Waals surface area (Å²) in [7, 11) is 3.21. The Morgan fingerprint density at radius 2 is 1.79 bits per heavy atom. The average molecular weight is 372 g/mol. The number of aromatic nitrogens is 1. The number of hydrogen-bond acceptors (Lipinski definition) is 4. The summed E-state index contributed by atoms with van der Waals surface area (Å²) in [6.07, 6.45) is 1.71. The number of nitrogens with one attached hydrogen (secondary N) is 1. The third-order valence-corrected chi connectivity index (χ3v) is 4.79. The van der Waals surface area contributed by atoms with Crippen LogP contribution in [0.25, 0.3) is 21.7 Å². The fraction of sp³-hybridized carbons (Fsp3) is 0.130. The molecule has 28 heavy (non-hydrogen) atoms. The fourth-order valence-corrected chi connectivity index (χ4v) is 3.39. The molecule has 1 aromatic heterocycles. The molecule has 140 valence electrons. The summed E-state index contributed by atoms with van der Waals surface area (Å²) >= 11 is 0. The molecule has 0 saturated carbocycles. The molecule has 0 aliphatic rings. The van der Waals surface area contributed by atoms with Crippen molar-refractivity contribution in [2.45, 2.75) is 6.54 Å². The molecule has 4 rings (SSSR count). The van der Waals surface area contributed by atoms with Crippen molar-refractivity contribution in [1.82, 2.24) is 10.3 Å². The lowest BCUT2D eigenvalue weighted by Gasteiger charge is -2.13. The molecule has 5 nitrogen and oxygen atoms in total. The Hall–Kier alpha value is -3.60. The number of hydrogen-bond donors (Lipinski definition) is 1. The Labute approximate surface area is 162 Å². The first-order valence-corrected chi connectivity index (χ1v) is 8.97. The lowest BCUT2D eigenvalue weighted by atomic mass is 10.0. The van der Waals surface area contributed by atoms with Crippen LogP contribution >= 0.6 is 0 Å². The van der Waals surface area contributed by atoms with Gasteiger partial charge in [-0.05, 0) is 41.1 Å². The van der Waals surface area contributed by atoms with Crippen molar-refractivity contribution >= 4 is 27.6 Å². The zero-order valence-corrected chi connectivity index (χ0v) is 15.7. The van der Waals surface area contributed by atoms with Crippen LogP contribution in [0.15, 0.2) is 66.9 Å². The molecule has 0 radical (unpaired) electrons. The average Bonchev–Trinajstić information content (AvgIpc) is 2.76. The Morgan fingerprint density at radius 1 is 0.964 bits per heavy atom. The highest BCUT2D eigenvalue weighted by atomic mass is 16.5. The van der Waals surface area contributed by atoms with Crippen molar-refractivity contribution in [1.29, 1.82) is 0 Å². The molecule has 0 unspecified atom stereocenters. The predicted molar refractivity (Wildman–Crippen MR) is 110 cm³/mol. The van der Waals surface area contributed by atoms with Gasteiger partial charge in [0, 0.05) is 23.7 Å². The van der Waals surface area contributed by atoms with Gasteiger partial charge < -0.3 is 14.8 Å². The molecule has 0 spiro atoms. The molecule has 0 bridgehead atoms. The number of methoxy groups -OCH3 is 2. The maximum absolute atomic E-state index is 13.0. The summed E-state index contributed by atoms with van der Waals surface area (Å²) in [5.41, 5.74) is 2.08. The highest BCUT2D eigenvalue weighted by Crippen LogP contribution is 2.28. The molecule has 0 aliphatic heterocycles. The van der Waals surface area contributed by atoms with E-state index >= 15 is 0 Å². The summed E-state index contributed by atoms with van der Waals surface area (Å²) in [5, 5.41) is 6.03. The van der Waals surface area contributed by atoms with E-state index in [-0.39, 0.29) is 5.91 Å². The molecule has 0 aliphatic carbocycles. The molecule has 1 heterocycles. The molecule has 1 amide bonds. The third kappa shape index (κ3) is 3.22. The van der Waals surface area contributed by atoms with Crippen LogP contribution in [-0.4, -0.2) is 25.1 Å². The van der Waals surface area contributed by atoms with Gasteiger partial charge in [0.2, 0.25) is 0 Å². The van der Waals surface area contributed by atoms with E-state index < -0.39 is 0 Å². The van der Waals surface area contributed by atoms with Gasteiger partial charge in [-0.2, -0.15) is 0 Å². The van der Waals surface area contributed by atoms with E-state index in [0.29, 0.717) is 29.1 Å². The largest absolute Gasteiger partial charge is 0.497 e. The van der Waals surface area contributed by atoms with E-state index in [1.54, 1.807) is 20.4 Å². The van der Waals surface area contributed by atoms with Gasteiger partial charge in [-0.1, -0.05) is 30.3 Å². The second-order valence-electron chi connectivity index (χ2n) is 6.41.